The van der Waals surface area contributed by atoms with Gasteiger partial charge in [0.1, 0.15) is 5.82 Å². The minimum absolute atomic E-state index is 0.0813. The van der Waals surface area contributed by atoms with E-state index in [1.165, 1.54) is 30.3 Å². The molecule has 1 aliphatic rings. The SMILES string of the molecule is O=C(NCc1cccc(I)c1)[C@]1(N(c2cc(Cl)ccc2F)S(=O)(=O)c2ccc(Cl)cc2)C#[N+]1. The van der Waals surface area contributed by atoms with Crippen LogP contribution < -0.4 is 9.62 Å². The zero-order chi connectivity index (χ0) is 23.8. The highest BCUT2D eigenvalue weighted by atomic mass is 127. The summed E-state index contributed by atoms with van der Waals surface area (Å²) in [5.41, 5.74) is -1.73. The van der Waals surface area contributed by atoms with Crippen molar-refractivity contribution in [3.05, 3.63) is 96.6 Å². The molecule has 6 nitrogen and oxygen atoms in total. The topological polar surface area (TPSA) is 70.8 Å². The Morgan fingerprint density at radius 2 is 1.76 bits per heavy atom. The molecular weight excluding hydrogens is 603 g/mol. The van der Waals surface area contributed by atoms with Crippen molar-refractivity contribution in [3.63, 3.8) is 0 Å². The van der Waals surface area contributed by atoms with Gasteiger partial charge in [-0.2, -0.15) is 4.31 Å². The molecule has 0 aliphatic carbocycles. The number of rotatable bonds is 7. The smallest absolute Gasteiger partial charge is 0.342 e. The molecule has 0 spiro atoms. The van der Waals surface area contributed by atoms with Crippen LogP contribution in [0.25, 0.3) is 4.85 Å². The third-order valence-electron chi connectivity index (χ3n) is 4.76. The Hall–Kier alpha value is -2.39. The Labute approximate surface area is 213 Å². The van der Waals surface area contributed by atoms with Crippen molar-refractivity contribution in [2.45, 2.75) is 17.1 Å². The van der Waals surface area contributed by atoms with Crippen molar-refractivity contribution in [2.24, 2.45) is 0 Å². The van der Waals surface area contributed by atoms with Gasteiger partial charge < -0.3 is 5.32 Å². The van der Waals surface area contributed by atoms with E-state index in [-0.39, 0.29) is 16.5 Å². The second-order valence-electron chi connectivity index (χ2n) is 7.03. The molecular formula is C22H14Cl2FIN3O3S+. The maximum Gasteiger partial charge on any atom is 0.575 e. The van der Waals surface area contributed by atoms with E-state index in [1.807, 2.05) is 24.3 Å². The lowest BCUT2D eigenvalue weighted by atomic mass is 10.2. The molecule has 0 bridgehead atoms. The summed E-state index contributed by atoms with van der Waals surface area (Å²) in [5, 5.41) is 3.06. The van der Waals surface area contributed by atoms with E-state index in [2.05, 4.69) is 38.8 Å². The van der Waals surface area contributed by atoms with Gasteiger partial charge in [0.25, 0.3) is 10.0 Å². The summed E-state index contributed by atoms with van der Waals surface area (Å²) in [6.07, 6.45) is 0. The number of hydrogen-bond donors (Lipinski definition) is 1. The van der Waals surface area contributed by atoms with E-state index in [0.29, 0.717) is 9.33 Å². The Bertz CT molecular complexity index is 1410. The van der Waals surface area contributed by atoms with E-state index >= 15 is 0 Å². The predicted molar refractivity (Wildman–Crippen MR) is 134 cm³/mol. The minimum Gasteiger partial charge on any atom is -0.342 e. The number of nitrogens with one attached hydrogen (secondary N) is 1. The van der Waals surface area contributed by atoms with Crippen molar-refractivity contribution in [1.29, 1.82) is 0 Å². The number of carbonyl (C=O) groups is 1. The van der Waals surface area contributed by atoms with Crippen LogP contribution in [0.15, 0.2) is 71.6 Å². The lowest BCUT2D eigenvalue weighted by Crippen LogP contribution is -2.54. The number of carbonyl (C=O) groups excluding carboxylic acids is 1. The monoisotopic (exact) mass is 616 g/mol. The molecule has 1 amide bonds. The molecule has 4 rings (SSSR count). The quantitative estimate of drug-likeness (QED) is 0.367. The number of hydrogen-bond acceptors (Lipinski definition) is 3. The fraction of sp³-hybridized carbons (Fsp3) is 0.0909. The normalized spacial score (nSPS) is 16.5. The lowest BCUT2D eigenvalue weighted by molar-refractivity contribution is -0.122. The number of halogens is 4. The average Bonchev–Trinajstić information content (AvgIpc) is 3.56. The molecule has 0 saturated carbocycles. The van der Waals surface area contributed by atoms with Crippen LogP contribution >= 0.6 is 45.8 Å². The van der Waals surface area contributed by atoms with Crippen LogP contribution in [0.5, 0.6) is 0 Å². The minimum atomic E-state index is -4.48. The van der Waals surface area contributed by atoms with Gasteiger partial charge in [-0.25, -0.2) is 12.8 Å². The van der Waals surface area contributed by atoms with Crippen molar-refractivity contribution < 1.29 is 17.6 Å². The second kappa shape index (κ2) is 9.10. The van der Waals surface area contributed by atoms with Crippen LogP contribution in [-0.4, -0.2) is 20.0 Å². The number of anilines is 1. The predicted octanol–water partition coefficient (Wildman–Crippen LogP) is 5.29. The summed E-state index contributed by atoms with van der Waals surface area (Å²) < 4.78 is 43.6. The van der Waals surface area contributed by atoms with Crippen LogP contribution in [0.4, 0.5) is 10.1 Å². The van der Waals surface area contributed by atoms with Crippen LogP contribution in [0.2, 0.25) is 10.0 Å². The van der Waals surface area contributed by atoms with Gasteiger partial charge in [-0.1, -0.05) is 35.3 Å². The Morgan fingerprint density at radius 3 is 2.39 bits per heavy atom. The highest BCUT2D eigenvalue weighted by Gasteiger charge is 2.73. The van der Waals surface area contributed by atoms with Crippen LogP contribution in [0.3, 0.4) is 0 Å². The third-order valence-corrected chi connectivity index (χ3v) is 7.72. The van der Waals surface area contributed by atoms with Gasteiger partial charge >= 0.3 is 17.6 Å². The molecule has 1 heterocycles. The summed E-state index contributed by atoms with van der Waals surface area (Å²) in [6, 6.07) is 18.5. The van der Waals surface area contributed by atoms with E-state index in [4.69, 9.17) is 23.2 Å². The molecule has 0 saturated heterocycles. The molecule has 0 unspecified atom stereocenters. The summed E-state index contributed by atoms with van der Waals surface area (Å²) in [7, 11) is -4.48. The van der Waals surface area contributed by atoms with Crippen LogP contribution in [0.1, 0.15) is 5.56 Å². The average molecular weight is 617 g/mol. The van der Waals surface area contributed by atoms with Crippen molar-refractivity contribution in [2.75, 3.05) is 4.31 Å². The highest BCUT2D eigenvalue weighted by molar-refractivity contribution is 14.1. The first-order valence-corrected chi connectivity index (χ1v) is 12.7. The molecule has 1 aliphatic heterocycles. The maximum absolute atomic E-state index is 14.9. The van der Waals surface area contributed by atoms with E-state index in [1.54, 1.807) is 0 Å². The van der Waals surface area contributed by atoms with Gasteiger partial charge in [-0.3, -0.25) is 4.79 Å². The van der Waals surface area contributed by atoms with Gasteiger partial charge in [0, 0.05) is 20.2 Å². The molecule has 0 fully saturated rings. The standard InChI is InChI=1S/C22H13Cl2FIN3O3S/c23-15-4-7-18(8-5-15)33(31,32)29(20-11-16(24)6-9-19(20)25)22(13-28-22)21(30)27-12-14-2-1-3-17(26)10-14/h1-11H,12H2/p+1/t22-/m1/s1. The zero-order valence-corrected chi connectivity index (χ0v) is 21.1. The van der Waals surface area contributed by atoms with Gasteiger partial charge in [-0.15, -0.1) is 0 Å². The number of nitrogens with zero attached hydrogens (tertiary/aromatic N) is 2. The lowest BCUT2D eigenvalue weighted by Gasteiger charge is -2.23. The van der Waals surface area contributed by atoms with Crippen LogP contribution in [0, 0.1) is 15.5 Å². The van der Waals surface area contributed by atoms with Crippen molar-refractivity contribution in [1.82, 2.24) is 5.32 Å². The molecule has 0 radical (unpaired) electrons. The summed E-state index contributed by atoms with van der Waals surface area (Å²) >= 11 is 14.1. The molecule has 3 aromatic rings. The number of benzene rings is 3. The Morgan fingerprint density at radius 1 is 1.09 bits per heavy atom. The van der Waals surface area contributed by atoms with E-state index < -0.39 is 33.1 Å². The number of sulfonamides is 1. The molecule has 0 aromatic heterocycles. The fourth-order valence-electron chi connectivity index (χ4n) is 3.12. The summed E-state index contributed by atoms with van der Waals surface area (Å²) in [4.78, 5) is 16.8. The molecule has 168 valence electrons. The molecule has 3 aromatic carbocycles. The summed E-state index contributed by atoms with van der Waals surface area (Å²) in [5.74, 6) is -1.68. The summed E-state index contributed by atoms with van der Waals surface area (Å²) in [6.45, 7) is 0.113. The van der Waals surface area contributed by atoms with Crippen molar-refractivity contribution in [3.8, 4) is 6.07 Å². The molecule has 11 heteroatoms. The van der Waals surface area contributed by atoms with E-state index in [0.717, 1.165) is 21.3 Å². The maximum atomic E-state index is 14.9. The van der Waals surface area contributed by atoms with Gasteiger partial charge in [0.05, 0.1) is 10.6 Å². The van der Waals surface area contributed by atoms with Crippen molar-refractivity contribution >= 4 is 67.4 Å². The molecule has 1 N–H and O–H groups in total. The molecule has 33 heavy (non-hydrogen) atoms. The Balaban J connectivity index is 1.75. The van der Waals surface area contributed by atoms with Gasteiger partial charge in [-0.05, 0) is 87.6 Å². The first kappa shape index (κ1) is 23.8. The number of amides is 1. The Kier molecular flexibility index (Phi) is 6.55. The molecule has 1 atom stereocenters. The fourth-order valence-corrected chi connectivity index (χ4v) is 5.62. The third kappa shape index (κ3) is 4.80. The first-order valence-electron chi connectivity index (χ1n) is 9.41. The zero-order valence-electron chi connectivity index (χ0n) is 16.6. The second-order valence-corrected chi connectivity index (χ2v) is 10.9. The first-order chi connectivity index (χ1) is 15.6. The largest absolute Gasteiger partial charge is 0.575 e. The van der Waals surface area contributed by atoms with Crippen LogP contribution in [-0.2, 0) is 21.4 Å². The van der Waals surface area contributed by atoms with E-state index in [9.17, 15) is 17.6 Å². The highest BCUT2D eigenvalue weighted by Crippen LogP contribution is 2.40. The van der Waals surface area contributed by atoms with Gasteiger partial charge in [0.15, 0.2) is 0 Å². The van der Waals surface area contributed by atoms with Gasteiger partial charge in [0.2, 0.25) is 0 Å².